The van der Waals surface area contributed by atoms with Crippen molar-refractivity contribution in [2.45, 2.75) is 12.5 Å². The normalized spacial score (nSPS) is 19.7. The van der Waals surface area contributed by atoms with Crippen LogP contribution in [-0.2, 0) is 16.0 Å². The molecule has 2 aromatic rings. The van der Waals surface area contributed by atoms with Crippen LogP contribution in [-0.4, -0.2) is 54.7 Å². The number of nitrogens with two attached hydrogens (primary N) is 1. The zero-order valence-corrected chi connectivity index (χ0v) is 14.1. The Labute approximate surface area is 146 Å². The summed E-state index contributed by atoms with van der Waals surface area (Å²) in [5.74, 6) is -0.0602. The average molecular weight is 342 g/mol. The van der Waals surface area contributed by atoms with Crippen molar-refractivity contribution < 1.29 is 14.3 Å². The summed E-state index contributed by atoms with van der Waals surface area (Å²) in [5, 5.41) is 4.07. The Hall–Kier alpha value is -2.67. The molecule has 1 aliphatic heterocycles. The maximum atomic E-state index is 12.1. The van der Waals surface area contributed by atoms with Crippen LogP contribution in [0.15, 0.2) is 36.5 Å². The molecule has 1 fully saturated rings. The van der Waals surface area contributed by atoms with Crippen molar-refractivity contribution in [1.29, 1.82) is 0 Å². The van der Waals surface area contributed by atoms with E-state index in [0.717, 1.165) is 17.3 Å². The number of benzene rings is 1. The number of hydrogen-bond acceptors (Lipinski definition) is 4. The number of urea groups is 1. The van der Waals surface area contributed by atoms with Crippen LogP contribution in [0.4, 0.5) is 4.79 Å². The maximum absolute atomic E-state index is 12.1. The standard InChI is InChI=1S/C18H22N4O3/c1-22(18(19)24)9-17(23)21-16-11-25-10-13(16)8-12-6-7-20-15-5-3-2-4-14(12)15/h2-7,13,16H,8-11H2,1H3,(H2,19,24)(H,21,23). The zero-order chi connectivity index (χ0) is 17.8. The first kappa shape index (κ1) is 17.2. The number of para-hydroxylation sites is 1. The van der Waals surface area contributed by atoms with Crippen molar-refractivity contribution in [3.05, 3.63) is 42.1 Å². The van der Waals surface area contributed by atoms with Crippen LogP contribution in [0.2, 0.25) is 0 Å². The number of hydrogen-bond donors (Lipinski definition) is 2. The number of fused-ring (bicyclic) bond motifs is 1. The third kappa shape index (κ3) is 4.06. The highest BCUT2D eigenvalue weighted by Gasteiger charge is 2.30. The van der Waals surface area contributed by atoms with E-state index >= 15 is 0 Å². The smallest absolute Gasteiger partial charge is 0.314 e. The molecule has 1 aromatic heterocycles. The molecule has 0 radical (unpaired) electrons. The lowest BCUT2D eigenvalue weighted by molar-refractivity contribution is -0.122. The van der Waals surface area contributed by atoms with Crippen molar-refractivity contribution in [2.75, 3.05) is 26.8 Å². The minimum absolute atomic E-state index is 0.0588. The Bertz CT molecular complexity index is 775. The van der Waals surface area contributed by atoms with Crippen LogP contribution in [0.5, 0.6) is 0 Å². The molecule has 7 heteroatoms. The van der Waals surface area contributed by atoms with Crippen LogP contribution >= 0.6 is 0 Å². The number of nitrogens with one attached hydrogen (secondary N) is 1. The average Bonchev–Trinajstić information content (AvgIpc) is 3.01. The van der Waals surface area contributed by atoms with Gasteiger partial charge in [0.2, 0.25) is 5.91 Å². The maximum Gasteiger partial charge on any atom is 0.314 e. The number of ether oxygens (including phenoxy) is 1. The van der Waals surface area contributed by atoms with Gasteiger partial charge in [0.25, 0.3) is 0 Å². The van der Waals surface area contributed by atoms with Gasteiger partial charge in [-0.1, -0.05) is 18.2 Å². The lowest BCUT2D eigenvalue weighted by Gasteiger charge is -2.21. The van der Waals surface area contributed by atoms with E-state index < -0.39 is 6.03 Å². The molecule has 25 heavy (non-hydrogen) atoms. The van der Waals surface area contributed by atoms with Gasteiger partial charge >= 0.3 is 6.03 Å². The third-order valence-electron chi connectivity index (χ3n) is 4.52. The van der Waals surface area contributed by atoms with Gasteiger partial charge in [-0.15, -0.1) is 0 Å². The number of likely N-dealkylation sites (N-methyl/N-ethyl adjacent to an activating group) is 1. The Morgan fingerprint density at radius 1 is 1.32 bits per heavy atom. The molecule has 3 rings (SSSR count). The van der Waals surface area contributed by atoms with E-state index in [1.807, 2.05) is 30.5 Å². The van der Waals surface area contributed by atoms with E-state index in [0.29, 0.717) is 13.2 Å². The van der Waals surface area contributed by atoms with Crippen molar-refractivity contribution in [1.82, 2.24) is 15.2 Å². The molecule has 0 bridgehead atoms. The zero-order valence-electron chi connectivity index (χ0n) is 14.1. The summed E-state index contributed by atoms with van der Waals surface area (Å²) >= 11 is 0. The quantitative estimate of drug-likeness (QED) is 0.844. The number of primary amides is 1. The lowest BCUT2D eigenvalue weighted by atomic mass is 9.93. The molecule has 1 saturated heterocycles. The molecule has 2 heterocycles. The second-order valence-electron chi connectivity index (χ2n) is 6.36. The first-order chi connectivity index (χ1) is 12.0. The van der Waals surface area contributed by atoms with Gasteiger partial charge in [0, 0.05) is 24.5 Å². The van der Waals surface area contributed by atoms with Gasteiger partial charge in [-0.25, -0.2) is 4.79 Å². The SMILES string of the molecule is CN(CC(=O)NC1COCC1Cc1ccnc2ccccc12)C(N)=O. The number of carbonyl (C=O) groups is 2. The van der Waals surface area contributed by atoms with Crippen LogP contribution in [0, 0.1) is 5.92 Å². The molecular weight excluding hydrogens is 320 g/mol. The summed E-state index contributed by atoms with van der Waals surface area (Å²) in [6.07, 6.45) is 2.60. The van der Waals surface area contributed by atoms with Crippen LogP contribution < -0.4 is 11.1 Å². The molecule has 2 unspecified atom stereocenters. The van der Waals surface area contributed by atoms with Crippen LogP contribution in [0.3, 0.4) is 0 Å². The topological polar surface area (TPSA) is 97.6 Å². The molecule has 0 aliphatic carbocycles. The molecule has 0 saturated carbocycles. The lowest BCUT2D eigenvalue weighted by Crippen LogP contribution is -2.46. The van der Waals surface area contributed by atoms with E-state index in [4.69, 9.17) is 10.5 Å². The highest BCUT2D eigenvalue weighted by atomic mass is 16.5. The number of carbonyl (C=O) groups excluding carboxylic acids is 2. The number of nitrogens with zero attached hydrogens (tertiary/aromatic N) is 2. The van der Waals surface area contributed by atoms with Crippen molar-refractivity contribution >= 4 is 22.8 Å². The van der Waals surface area contributed by atoms with E-state index in [1.165, 1.54) is 17.5 Å². The second-order valence-corrected chi connectivity index (χ2v) is 6.36. The molecule has 3 N–H and O–H groups in total. The Balaban J connectivity index is 1.67. The fourth-order valence-corrected chi connectivity index (χ4v) is 3.12. The number of rotatable bonds is 5. The highest BCUT2D eigenvalue weighted by Crippen LogP contribution is 2.24. The third-order valence-corrected chi connectivity index (χ3v) is 4.52. The van der Waals surface area contributed by atoms with Gasteiger partial charge in [-0.05, 0) is 24.1 Å². The highest BCUT2D eigenvalue weighted by molar-refractivity contribution is 5.83. The van der Waals surface area contributed by atoms with E-state index in [9.17, 15) is 9.59 Å². The van der Waals surface area contributed by atoms with E-state index in [1.54, 1.807) is 0 Å². The van der Waals surface area contributed by atoms with Gasteiger partial charge < -0.3 is 20.7 Å². The summed E-state index contributed by atoms with van der Waals surface area (Å²) in [6, 6.07) is 9.32. The first-order valence-corrected chi connectivity index (χ1v) is 8.25. The fourth-order valence-electron chi connectivity index (χ4n) is 3.12. The molecule has 132 valence electrons. The first-order valence-electron chi connectivity index (χ1n) is 8.25. The van der Waals surface area contributed by atoms with Crippen LogP contribution in [0.25, 0.3) is 10.9 Å². The predicted octanol–water partition coefficient (Wildman–Crippen LogP) is 0.919. The molecule has 1 aliphatic rings. The van der Waals surface area contributed by atoms with E-state index in [-0.39, 0.29) is 24.4 Å². The molecule has 3 amide bonds. The van der Waals surface area contributed by atoms with Gasteiger partial charge in [0.15, 0.2) is 0 Å². The molecule has 1 aromatic carbocycles. The van der Waals surface area contributed by atoms with Crippen LogP contribution in [0.1, 0.15) is 5.56 Å². The number of pyridine rings is 1. The molecular formula is C18H22N4O3. The van der Waals surface area contributed by atoms with Crippen molar-refractivity contribution in [2.24, 2.45) is 11.7 Å². The number of aromatic nitrogens is 1. The fraction of sp³-hybridized carbons (Fsp3) is 0.389. The van der Waals surface area contributed by atoms with Gasteiger partial charge in [0.1, 0.15) is 6.54 Å². The monoisotopic (exact) mass is 342 g/mol. The largest absolute Gasteiger partial charge is 0.379 e. The van der Waals surface area contributed by atoms with Gasteiger partial charge in [-0.3, -0.25) is 9.78 Å². The molecule has 0 spiro atoms. The minimum Gasteiger partial charge on any atom is -0.379 e. The summed E-state index contributed by atoms with van der Waals surface area (Å²) in [7, 11) is 1.49. The van der Waals surface area contributed by atoms with Crippen molar-refractivity contribution in [3.8, 4) is 0 Å². The Morgan fingerprint density at radius 3 is 2.92 bits per heavy atom. The summed E-state index contributed by atoms with van der Waals surface area (Å²) < 4.78 is 5.57. The summed E-state index contributed by atoms with van der Waals surface area (Å²) in [6.45, 7) is 1.00. The van der Waals surface area contributed by atoms with Gasteiger partial charge in [0.05, 0.1) is 24.8 Å². The van der Waals surface area contributed by atoms with Gasteiger partial charge in [-0.2, -0.15) is 0 Å². The second kappa shape index (κ2) is 7.48. The predicted molar refractivity (Wildman–Crippen MR) is 93.9 cm³/mol. The van der Waals surface area contributed by atoms with Crippen molar-refractivity contribution in [3.63, 3.8) is 0 Å². The summed E-state index contributed by atoms with van der Waals surface area (Å²) in [5.41, 5.74) is 7.30. The Morgan fingerprint density at radius 2 is 2.12 bits per heavy atom. The minimum atomic E-state index is -0.627. The van der Waals surface area contributed by atoms with E-state index in [2.05, 4.69) is 16.4 Å². The summed E-state index contributed by atoms with van der Waals surface area (Å²) in [4.78, 5) is 28.7. The Kier molecular flexibility index (Phi) is 5.14. The molecule has 7 nitrogen and oxygen atoms in total. The number of amides is 3. The molecule has 2 atom stereocenters.